The second-order valence-electron chi connectivity index (χ2n) is 6.95. The molecule has 0 aromatic heterocycles. The number of carboxylic acids is 1. The first-order valence-electron chi connectivity index (χ1n) is 9.58. The predicted octanol–water partition coefficient (Wildman–Crippen LogP) is 3.15. The summed E-state index contributed by atoms with van der Waals surface area (Å²) in [5.74, 6) is -0.760. The molecular formula is C20H23Cl2N3O4S2. The van der Waals surface area contributed by atoms with Crippen molar-refractivity contribution in [2.24, 2.45) is 0 Å². The number of amides is 1. The number of rotatable bonds is 9. The number of hydrogen-bond donors (Lipinski definition) is 3. The SMILES string of the molecule is O=C(O)/C=C/C1=CSC(SCC(=O)NC[C@H]2CN(Cc3ccc(Cl)c(Cl)c3)CCO2)N1. The summed E-state index contributed by atoms with van der Waals surface area (Å²) in [6, 6.07) is 5.64. The van der Waals surface area contributed by atoms with Gasteiger partial charge in [0.25, 0.3) is 0 Å². The van der Waals surface area contributed by atoms with Gasteiger partial charge in [-0.2, -0.15) is 0 Å². The maximum absolute atomic E-state index is 12.2. The first kappa shape index (κ1) is 24.3. The van der Waals surface area contributed by atoms with Crippen LogP contribution in [0.25, 0.3) is 0 Å². The Hall–Kier alpha value is -1.36. The molecule has 2 aliphatic heterocycles. The Morgan fingerprint density at radius 2 is 2.23 bits per heavy atom. The molecule has 1 unspecified atom stereocenters. The lowest BCUT2D eigenvalue weighted by Gasteiger charge is -2.33. The van der Waals surface area contributed by atoms with Crippen molar-refractivity contribution in [2.75, 3.05) is 32.0 Å². The molecule has 11 heteroatoms. The molecule has 1 fully saturated rings. The summed E-state index contributed by atoms with van der Waals surface area (Å²) in [7, 11) is 0. The van der Waals surface area contributed by atoms with Gasteiger partial charge in [0, 0.05) is 38.0 Å². The van der Waals surface area contributed by atoms with Crippen molar-refractivity contribution in [1.82, 2.24) is 15.5 Å². The number of allylic oxidation sites excluding steroid dienone is 1. The Labute approximate surface area is 199 Å². The highest BCUT2D eigenvalue weighted by Crippen LogP contribution is 2.29. The average molecular weight is 504 g/mol. The lowest BCUT2D eigenvalue weighted by Crippen LogP contribution is -2.47. The number of thioether (sulfide) groups is 2. The highest BCUT2D eigenvalue weighted by molar-refractivity contribution is 8.18. The standard InChI is InChI=1S/C20H23Cl2N3O4S2/c21-16-3-1-13(7-17(16)22)9-25-5-6-29-15(10-25)8-23-18(26)12-31-20-24-14(11-30-20)2-4-19(27)28/h1-4,7,11,15,20,24H,5-6,8-10,12H2,(H,23,26)(H,27,28)/b4-2+/t15-,20?/m0/s1. The minimum atomic E-state index is -0.997. The molecule has 1 aromatic rings. The molecule has 3 N–H and O–H groups in total. The Morgan fingerprint density at radius 3 is 3.00 bits per heavy atom. The molecule has 3 rings (SSSR count). The summed E-state index contributed by atoms with van der Waals surface area (Å²) in [6.07, 6.45) is 2.51. The van der Waals surface area contributed by atoms with E-state index in [-0.39, 0.29) is 16.7 Å². The zero-order valence-corrected chi connectivity index (χ0v) is 19.7. The maximum Gasteiger partial charge on any atom is 0.328 e. The molecule has 0 radical (unpaired) electrons. The second-order valence-corrected chi connectivity index (χ2v) is 10.1. The van der Waals surface area contributed by atoms with Gasteiger partial charge >= 0.3 is 5.97 Å². The number of carbonyl (C=O) groups is 2. The molecule has 2 aliphatic rings. The van der Waals surface area contributed by atoms with Crippen LogP contribution in [0.1, 0.15) is 5.56 Å². The van der Waals surface area contributed by atoms with Crippen molar-refractivity contribution in [3.8, 4) is 0 Å². The van der Waals surface area contributed by atoms with Gasteiger partial charge in [-0.3, -0.25) is 9.69 Å². The lowest BCUT2D eigenvalue weighted by molar-refractivity contribution is -0.131. The number of carboxylic acid groups (broad SMARTS) is 1. The summed E-state index contributed by atoms with van der Waals surface area (Å²) in [6.45, 7) is 3.34. The quantitative estimate of drug-likeness (QED) is 0.442. The third-order valence-electron chi connectivity index (χ3n) is 4.51. The van der Waals surface area contributed by atoms with Crippen LogP contribution in [0.3, 0.4) is 0 Å². The van der Waals surface area contributed by atoms with Crippen molar-refractivity contribution in [3.63, 3.8) is 0 Å². The summed E-state index contributed by atoms with van der Waals surface area (Å²) in [5.41, 5.74) is 1.81. The van der Waals surface area contributed by atoms with E-state index in [2.05, 4.69) is 15.5 Å². The Morgan fingerprint density at radius 1 is 1.39 bits per heavy atom. The van der Waals surface area contributed by atoms with Gasteiger partial charge in [-0.05, 0) is 29.2 Å². The molecule has 31 heavy (non-hydrogen) atoms. The fourth-order valence-electron chi connectivity index (χ4n) is 3.04. The van der Waals surface area contributed by atoms with E-state index >= 15 is 0 Å². The molecule has 0 spiro atoms. The Balaban J connectivity index is 1.34. The van der Waals surface area contributed by atoms with E-state index in [1.165, 1.54) is 29.6 Å². The van der Waals surface area contributed by atoms with Crippen LogP contribution in [0.5, 0.6) is 0 Å². The molecule has 1 amide bonds. The highest BCUT2D eigenvalue weighted by Gasteiger charge is 2.22. The zero-order chi connectivity index (χ0) is 22.2. The molecule has 0 saturated carbocycles. The van der Waals surface area contributed by atoms with Crippen LogP contribution in [0, 0.1) is 0 Å². The molecule has 1 aromatic carbocycles. The van der Waals surface area contributed by atoms with Gasteiger partial charge in [0.05, 0.1) is 28.5 Å². The summed E-state index contributed by atoms with van der Waals surface area (Å²) in [4.78, 5) is 25.0. The number of aliphatic carboxylic acids is 1. The van der Waals surface area contributed by atoms with Gasteiger partial charge in [0.2, 0.25) is 5.91 Å². The second kappa shape index (κ2) is 12.0. The smallest absolute Gasteiger partial charge is 0.328 e. The van der Waals surface area contributed by atoms with E-state index in [4.69, 9.17) is 33.0 Å². The monoisotopic (exact) mass is 503 g/mol. The molecule has 168 valence electrons. The van der Waals surface area contributed by atoms with Gasteiger partial charge < -0.3 is 20.5 Å². The summed E-state index contributed by atoms with van der Waals surface area (Å²) < 4.78 is 5.77. The molecule has 2 atom stereocenters. The van der Waals surface area contributed by atoms with Gasteiger partial charge in [0.1, 0.15) is 4.71 Å². The fraction of sp³-hybridized carbons (Fsp3) is 0.400. The summed E-state index contributed by atoms with van der Waals surface area (Å²) >= 11 is 15.0. The summed E-state index contributed by atoms with van der Waals surface area (Å²) in [5, 5.41) is 17.7. The minimum absolute atomic E-state index is 0.0215. The van der Waals surface area contributed by atoms with Crippen molar-refractivity contribution < 1.29 is 19.4 Å². The van der Waals surface area contributed by atoms with E-state index in [9.17, 15) is 9.59 Å². The Bertz CT molecular complexity index is 869. The third-order valence-corrected chi connectivity index (χ3v) is 7.60. The van der Waals surface area contributed by atoms with Crippen molar-refractivity contribution in [1.29, 1.82) is 0 Å². The normalized spacial score (nSPS) is 21.7. The molecule has 1 saturated heterocycles. The van der Waals surface area contributed by atoms with Crippen molar-refractivity contribution >= 4 is 58.6 Å². The van der Waals surface area contributed by atoms with E-state index in [0.29, 0.717) is 28.9 Å². The highest BCUT2D eigenvalue weighted by atomic mass is 35.5. The topological polar surface area (TPSA) is 90.9 Å². The average Bonchev–Trinajstić information content (AvgIpc) is 3.20. The van der Waals surface area contributed by atoms with E-state index in [0.717, 1.165) is 37.0 Å². The number of morpholine rings is 1. The first-order valence-corrected chi connectivity index (χ1v) is 12.3. The molecular weight excluding hydrogens is 481 g/mol. The molecule has 0 aliphatic carbocycles. The van der Waals surface area contributed by atoms with E-state index < -0.39 is 5.97 Å². The third kappa shape index (κ3) is 8.25. The van der Waals surface area contributed by atoms with E-state index in [1.54, 1.807) is 6.07 Å². The molecule has 7 nitrogen and oxygen atoms in total. The van der Waals surface area contributed by atoms with Crippen LogP contribution in [-0.2, 0) is 20.9 Å². The largest absolute Gasteiger partial charge is 0.478 e. The fourth-order valence-corrected chi connectivity index (χ4v) is 5.29. The van der Waals surface area contributed by atoms with Crippen LogP contribution >= 0.6 is 46.7 Å². The number of nitrogens with zero attached hydrogens (tertiary/aromatic N) is 1. The van der Waals surface area contributed by atoms with Crippen molar-refractivity contribution in [3.05, 3.63) is 57.1 Å². The number of nitrogens with one attached hydrogen (secondary N) is 2. The zero-order valence-electron chi connectivity index (χ0n) is 16.6. The van der Waals surface area contributed by atoms with Gasteiger partial charge in [0.15, 0.2) is 0 Å². The van der Waals surface area contributed by atoms with Crippen molar-refractivity contribution in [2.45, 2.75) is 17.4 Å². The van der Waals surface area contributed by atoms with Crippen LogP contribution in [0.2, 0.25) is 10.0 Å². The van der Waals surface area contributed by atoms with Gasteiger partial charge in [-0.15, -0.1) is 11.8 Å². The number of hydrogen-bond acceptors (Lipinski definition) is 7. The van der Waals surface area contributed by atoms with Crippen LogP contribution in [0.15, 0.2) is 41.5 Å². The maximum atomic E-state index is 12.2. The van der Waals surface area contributed by atoms with Crippen LogP contribution in [-0.4, -0.2) is 64.7 Å². The number of benzene rings is 1. The van der Waals surface area contributed by atoms with Gasteiger partial charge in [-0.25, -0.2) is 4.79 Å². The van der Waals surface area contributed by atoms with Crippen LogP contribution in [0.4, 0.5) is 0 Å². The van der Waals surface area contributed by atoms with Crippen LogP contribution < -0.4 is 10.6 Å². The van der Waals surface area contributed by atoms with E-state index in [1.807, 2.05) is 17.5 Å². The molecule has 2 heterocycles. The number of halogens is 2. The number of carbonyl (C=O) groups excluding carboxylic acids is 1. The lowest BCUT2D eigenvalue weighted by atomic mass is 10.2. The predicted molar refractivity (Wildman–Crippen MR) is 126 cm³/mol. The Kier molecular flexibility index (Phi) is 9.43. The number of ether oxygens (including phenoxy) is 1. The van der Waals surface area contributed by atoms with Gasteiger partial charge in [-0.1, -0.05) is 41.0 Å². The minimum Gasteiger partial charge on any atom is -0.478 e. The first-order chi connectivity index (χ1) is 14.9. The molecule has 0 bridgehead atoms.